The molecule has 7 heteroatoms. The van der Waals surface area contributed by atoms with E-state index in [0.717, 1.165) is 25.7 Å². The van der Waals surface area contributed by atoms with Gasteiger partial charge in [0.1, 0.15) is 6.04 Å². The first kappa shape index (κ1) is 15.6. The van der Waals surface area contributed by atoms with Crippen LogP contribution in [0.5, 0.6) is 0 Å². The number of carbonyl (C=O) groups is 1. The molecule has 0 bridgehead atoms. The molecule has 2 unspecified atom stereocenters. The van der Waals surface area contributed by atoms with E-state index in [9.17, 15) is 9.36 Å². The van der Waals surface area contributed by atoms with Crippen LogP contribution < -0.4 is 5.73 Å². The first-order valence-corrected chi connectivity index (χ1v) is 8.12. The number of aliphatic carboxylic acids is 1. The molecule has 0 aromatic heterocycles. The van der Waals surface area contributed by atoms with Crippen molar-refractivity contribution in [3.05, 3.63) is 0 Å². The van der Waals surface area contributed by atoms with Crippen LogP contribution in [0, 0.1) is 11.8 Å². The zero-order valence-corrected chi connectivity index (χ0v) is 11.3. The van der Waals surface area contributed by atoms with Crippen LogP contribution >= 0.6 is 7.60 Å². The Labute approximate surface area is 107 Å². The lowest BCUT2D eigenvalue weighted by Gasteiger charge is -2.32. The molecule has 5 N–H and O–H groups in total. The van der Waals surface area contributed by atoms with E-state index >= 15 is 0 Å². The minimum Gasteiger partial charge on any atom is -0.480 e. The molecule has 6 nitrogen and oxygen atoms in total. The van der Waals surface area contributed by atoms with E-state index in [1.165, 1.54) is 0 Å². The van der Waals surface area contributed by atoms with E-state index < -0.39 is 19.6 Å². The van der Waals surface area contributed by atoms with E-state index in [4.69, 9.17) is 20.6 Å². The summed E-state index contributed by atoms with van der Waals surface area (Å²) in [5.74, 6) is -0.637. The normalized spacial score (nSPS) is 26.8. The van der Waals surface area contributed by atoms with Gasteiger partial charge in [0.25, 0.3) is 0 Å². The number of carboxylic acid groups (broad SMARTS) is 1. The predicted octanol–water partition coefficient (Wildman–Crippen LogP) is 1.16. The fourth-order valence-corrected chi connectivity index (χ4v) is 3.40. The van der Waals surface area contributed by atoms with Crippen LogP contribution in [0.15, 0.2) is 0 Å². The van der Waals surface area contributed by atoms with Crippen molar-refractivity contribution in [2.45, 2.75) is 44.6 Å². The van der Waals surface area contributed by atoms with E-state index in [0.29, 0.717) is 12.8 Å². The topological polar surface area (TPSA) is 121 Å². The molecule has 0 radical (unpaired) electrons. The highest BCUT2D eigenvalue weighted by Crippen LogP contribution is 2.41. The second-order valence-electron chi connectivity index (χ2n) is 5.16. The van der Waals surface area contributed by atoms with Gasteiger partial charge < -0.3 is 20.6 Å². The Bertz CT molecular complexity index is 329. The van der Waals surface area contributed by atoms with Gasteiger partial charge in [-0.1, -0.05) is 25.7 Å². The molecule has 0 aromatic carbocycles. The highest BCUT2D eigenvalue weighted by Gasteiger charge is 2.30. The summed E-state index contributed by atoms with van der Waals surface area (Å²) in [5, 5.41) is 8.81. The largest absolute Gasteiger partial charge is 0.480 e. The first-order valence-electron chi connectivity index (χ1n) is 6.32. The van der Waals surface area contributed by atoms with Crippen LogP contribution in [0.25, 0.3) is 0 Å². The minimum absolute atomic E-state index is 0.115. The summed E-state index contributed by atoms with van der Waals surface area (Å²) in [7, 11) is -3.96. The maximum absolute atomic E-state index is 10.9. The van der Waals surface area contributed by atoms with Gasteiger partial charge in [0.05, 0.1) is 6.16 Å². The zero-order chi connectivity index (χ0) is 13.8. The van der Waals surface area contributed by atoms with Gasteiger partial charge in [0.15, 0.2) is 0 Å². The monoisotopic (exact) mass is 279 g/mol. The molecule has 106 valence electrons. The number of rotatable bonds is 6. The van der Waals surface area contributed by atoms with Crippen LogP contribution in [0.3, 0.4) is 0 Å². The molecule has 1 saturated carbocycles. The van der Waals surface area contributed by atoms with Gasteiger partial charge >= 0.3 is 13.6 Å². The van der Waals surface area contributed by atoms with Gasteiger partial charge in [-0.3, -0.25) is 9.36 Å². The molecule has 0 aromatic rings. The third kappa shape index (κ3) is 5.48. The van der Waals surface area contributed by atoms with Crippen molar-refractivity contribution < 1.29 is 24.3 Å². The molecule has 0 spiro atoms. The van der Waals surface area contributed by atoms with Crippen molar-refractivity contribution in [1.29, 1.82) is 0 Å². The Morgan fingerprint density at radius 3 is 2.33 bits per heavy atom. The third-order valence-electron chi connectivity index (χ3n) is 3.73. The molecular weight excluding hydrogens is 257 g/mol. The molecule has 0 saturated heterocycles. The van der Waals surface area contributed by atoms with Gasteiger partial charge in [-0.15, -0.1) is 0 Å². The maximum atomic E-state index is 10.9. The van der Waals surface area contributed by atoms with Crippen LogP contribution in [0.4, 0.5) is 0 Å². The third-order valence-corrected chi connectivity index (χ3v) is 4.57. The molecule has 1 aliphatic carbocycles. The molecule has 0 heterocycles. The van der Waals surface area contributed by atoms with Crippen molar-refractivity contribution >= 4 is 13.6 Å². The number of hydrogen-bond acceptors (Lipinski definition) is 3. The predicted molar refractivity (Wildman–Crippen MR) is 67.2 cm³/mol. The molecule has 1 fully saturated rings. The summed E-state index contributed by atoms with van der Waals surface area (Å²) in [6.45, 7) is 0. The second-order valence-corrected chi connectivity index (χ2v) is 6.94. The van der Waals surface area contributed by atoms with Crippen LogP contribution in [0.1, 0.15) is 38.5 Å². The van der Waals surface area contributed by atoms with Crippen LogP contribution in [-0.4, -0.2) is 33.1 Å². The molecule has 0 aliphatic heterocycles. The van der Waals surface area contributed by atoms with Gasteiger partial charge in [-0.05, 0) is 24.7 Å². The van der Waals surface area contributed by atoms with E-state index in [1.807, 2.05) is 0 Å². The van der Waals surface area contributed by atoms with Crippen molar-refractivity contribution in [2.24, 2.45) is 17.6 Å². The number of nitrogens with two attached hydrogens (primary N) is 1. The lowest BCUT2D eigenvalue weighted by molar-refractivity contribution is -0.139. The molecular formula is C11H22NO5P. The average Bonchev–Trinajstić information content (AvgIpc) is 2.26. The smallest absolute Gasteiger partial charge is 0.325 e. The summed E-state index contributed by atoms with van der Waals surface area (Å²) in [6.07, 6.45) is 4.66. The highest BCUT2D eigenvalue weighted by atomic mass is 31.2. The van der Waals surface area contributed by atoms with E-state index in [2.05, 4.69) is 0 Å². The van der Waals surface area contributed by atoms with E-state index in [-0.39, 0.29) is 18.0 Å². The van der Waals surface area contributed by atoms with Crippen LogP contribution in [0.2, 0.25) is 0 Å². The molecule has 18 heavy (non-hydrogen) atoms. The maximum Gasteiger partial charge on any atom is 0.325 e. The molecule has 0 amide bonds. The Hall–Kier alpha value is -0.420. The summed E-state index contributed by atoms with van der Waals surface area (Å²) < 4.78 is 10.9. The molecule has 3 atom stereocenters. The Morgan fingerprint density at radius 1 is 1.28 bits per heavy atom. The molecule has 1 aliphatic rings. The number of carboxylic acids is 1. The zero-order valence-electron chi connectivity index (χ0n) is 10.4. The SMILES string of the molecule is N[C@@H](CC1CCCCC1CCP(=O)(O)O)C(=O)O. The lowest BCUT2D eigenvalue weighted by atomic mass is 9.75. The lowest BCUT2D eigenvalue weighted by Crippen LogP contribution is -2.35. The summed E-state index contributed by atoms with van der Waals surface area (Å²) in [5.41, 5.74) is 5.54. The fraction of sp³-hybridized carbons (Fsp3) is 0.909. The van der Waals surface area contributed by atoms with Crippen LogP contribution in [-0.2, 0) is 9.36 Å². The molecule has 1 rings (SSSR count). The van der Waals surface area contributed by atoms with Gasteiger partial charge in [0.2, 0.25) is 0 Å². The van der Waals surface area contributed by atoms with Crippen molar-refractivity contribution in [3.63, 3.8) is 0 Å². The van der Waals surface area contributed by atoms with E-state index in [1.54, 1.807) is 0 Å². The average molecular weight is 279 g/mol. The fourth-order valence-electron chi connectivity index (χ4n) is 2.74. The number of hydrogen-bond donors (Lipinski definition) is 4. The minimum atomic E-state index is -3.96. The first-order chi connectivity index (χ1) is 8.29. The van der Waals surface area contributed by atoms with Crippen molar-refractivity contribution in [2.75, 3.05) is 6.16 Å². The summed E-state index contributed by atoms with van der Waals surface area (Å²) >= 11 is 0. The summed E-state index contributed by atoms with van der Waals surface area (Å²) in [6, 6.07) is -0.870. The Morgan fingerprint density at radius 2 is 1.83 bits per heavy atom. The van der Waals surface area contributed by atoms with Crippen molar-refractivity contribution in [3.8, 4) is 0 Å². The second kappa shape index (κ2) is 6.66. The van der Waals surface area contributed by atoms with Gasteiger partial charge in [-0.25, -0.2) is 0 Å². The highest BCUT2D eigenvalue weighted by molar-refractivity contribution is 7.51. The quantitative estimate of drug-likeness (QED) is 0.541. The Kier molecular flexibility index (Phi) is 5.79. The van der Waals surface area contributed by atoms with Crippen molar-refractivity contribution in [1.82, 2.24) is 0 Å². The standard InChI is InChI=1S/C11H22NO5P/c12-10(11(13)14)7-9-4-2-1-3-8(9)5-6-18(15,16)17/h8-10H,1-7,12H2,(H,13,14)(H2,15,16,17)/t8?,9?,10-/m0/s1. The van der Waals surface area contributed by atoms with Gasteiger partial charge in [0, 0.05) is 0 Å². The summed E-state index contributed by atoms with van der Waals surface area (Å²) in [4.78, 5) is 28.5. The Balaban J connectivity index is 2.51. The van der Waals surface area contributed by atoms with Gasteiger partial charge in [-0.2, -0.15) is 0 Å².